The molecule has 0 spiro atoms. The third-order valence-corrected chi connectivity index (χ3v) is 7.07. The van der Waals surface area contributed by atoms with Gasteiger partial charge in [0.25, 0.3) is 5.91 Å². The Morgan fingerprint density at radius 2 is 1.74 bits per heavy atom. The van der Waals surface area contributed by atoms with E-state index in [1.54, 1.807) is 36.4 Å². The van der Waals surface area contributed by atoms with E-state index in [0.29, 0.717) is 33.2 Å². The lowest BCUT2D eigenvalue weighted by molar-refractivity contribution is 0.0734. The van der Waals surface area contributed by atoms with E-state index in [2.05, 4.69) is 31.4 Å². The van der Waals surface area contributed by atoms with Crippen molar-refractivity contribution >= 4 is 56.5 Å². The van der Waals surface area contributed by atoms with Gasteiger partial charge in [0.05, 0.1) is 11.8 Å². The topological polar surface area (TPSA) is 83.5 Å². The van der Waals surface area contributed by atoms with Crippen LogP contribution >= 0.6 is 27.5 Å². The van der Waals surface area contributed by atoms with E-state index in [9.17, 15) is 9.59 Å². The number of aryl methyl sites for hydroxylation is 2. The number of esters is 1. The second-order valence-corrected chi connectivity index (χ2v) is 10.3. The van der Waals surface area contributed by atoms with Crippen LogP contribution in [0, 0.1) is 13.8 Å². The molecule has 194 valence electrons. The Hall–Kier alpha value is -4.20. The monoisotopic (exact) mass is 599 g/mol. The van der Waals surface area contributed by atoms with Crippen LogP contribution in [0.2, 0.25) is 5.02 Å². The van der Waals surface area contributed by atoms with E-state index in [1.165, 1.54) is 6.21 Å². The van der Waals surface area contributed by atoms with Crippen LogP contribution in [0.25, 0.3) is 22.0 Å². The molecule has 1 amide bonds. The highest BCUT2D eigenvalue weighted by molar-refractivity contribution is 9.10. The molecule has 39 heavy (non-hydrogen) atoms. The third-order valence-electron chi connectivity index (χ3n) is 6.24. The minimum atomic E-state index is -0.492. The average molecular weight is 601 g/mol. The lowest BCUT2D eigenvalue weighted by atomic mass is 10.0. The molecule has 0 fully saturated rings. The van der Waals surface area contributed by atoms with Gasteiger partial charge in [-0.05, 0) is 55.8 Å². The molecule has 0 radical (unpaired) electrons. The maximum atomic E-state index is 13.4. The fourth-order valence-electron chi connectivity index (χ4n) is 4.26. The zero-order valence-electron chi connectivity index (χ0n) is 21.1. The molecule has 0 aliphatic carbocycles. The Bertz CT molecular complexity index is 1740. The molecule has 8 heteroatoms. The molecule has 1 aromatic heterocycles. The van der Waals surface area contributed by atoms with Gasteiger partial charge in [0.15, 0.2) is 0 Å². The summed E-state index contributed by atoms with van der Waals surface area (Å²) in [6, 6.07) is 25.5. The molecule has 0 unspecified atom stereocenters. The fourth-order valence-corrected chi connectivity index (χ4v) is 4.87. The van der Waals surface area contributed by atoms with E-state index in [4.69, 9.17) is 16.3 Å². The zero-order valence-corrected chi connectivity index (χ0v) is 23.4. The van der Waals surface area contributed by atoms with Crippen LogP contribution in [0.3, 0.4) is 0 Å². The van der Waals surface area contributed by atoms with Crippen LogP contribution in [-0.4, -0.2) is 23.1 Å². The Morgan fingerprint density at radius 1 is 0.974 bits per heavy atom. The Balaban J connectivity index is 1.43. The summed E-state index contributed by atoms with van der Waals surface area (Å²) in [5.41, 5.74) is 8.19. The van der Waals surface area contributed by atoms with E-state index in [1.807, 2.05) is 62.4 Å². The van der Waals surface area contributed by atoms with Gasteiger partial charge < -0.3 is 9.72 Å². The van der Waals surface area contributed by atoms with Gasteiger partial charge in [0, 0.05) is 37.1 Å². The molecule has 0 bridgehead atoms. The molecule has 1 heterocycles. The van der Waals surface area contributed by atoms with E-state index in [0.717, 1.165) is 32.1 Å². The number of hydrogen-bond donors (Lipinski definition) is 2. The second-order valence-electron chi connectivity index (χ2n) is 8.99. The van der Waals surface area contributed by atoms with Gasteiger partial charge in [-0.2, -0.15) is 5.10 Å². The minimum absolute atomic E-state index is 0.305. The number of ether oxygens (including phenoxy) is 1. The van der Waals surface area contributed by atoms with Crippen molar-refractivity contribution in [2.45, 2.75) is 13.8 Å². The number of para-hydroxylation sites is 1. The largest absolute Gasteiger partial charge is 0.422 e. The second kappa shape index (κ2) is 11.3. The highest BCUT2D eigenvalue weighted by atomic mass is 79.9. The average Bonchev–Trinajstić information content (AvgIpc) is 3.31. The number of hydrogen-bond acceptors (Lipinski definition) is 4. The number of nitrogens with zero attached hydrogens (tertiary/aromatic N) is 1. The summed E-state index contributed by atoms with van der Waals surface area (Å²) >= 11 is 9.96. The Morgan fingerprint density at radius 3 is 2.51 bits per heavy atom. The first-order valence-corrected chi connectivity index (χ1v) is 13.3. The number of aromatic amines is 1. The molecular weight excluding hydrogens is 578 g/mol. The summed E-state index contributed by atoms with van der Waals surface area (Å²) in [4.78, 5) is 29.3. The van der Waals surface area contributed by atoms with Crippen molar-refractivity contribution in [2.24, 2.45) is 5.10 Å². The van der Waals surface area contributed by atoms with Crippen LogP contribution in [0.5, 0.6) is 5.75 Å². The number of carbonyl (C=O) groups is 2. The number of fused-ring (bicyclic) bond motifs is 1. The van der Waals surface area contributed by atoms with Crippen molar-refractivity contribution < 1.29 is 14.3 Å². The minimum Gasteiger partial charge on any atom is -0.422 e. The smallest absolute Gasteiger partial charge is 0.343 e. The number of rotatable bonds is 6. The van der Waals surface area contributed by atoms with E-state index < -0.39 is 11.9 Å². The number of amides is 1. The number of aromatic nitrogens is 1. The fraction of sp³-hybridized carbons (Fsp3) is 0.0645. The standard InChI is InChI=1S/C31H23BrClN3O3/c1-18-10-12-20(13-11-18)31(38)39-26-15-14-22(32)16-21(26)17-34-36-30(37)29-27(23-7-3-4-9-25(23)33)24-8-5-6-19(2)28(24)35-29/h3-17,35H,1-2H3,(H,36,37). The number of hydrazone groups is 1. The van der Waals surface area contributed by atoms with Crippen molar-refractivity contribution in [3.8, 4) is 16.9 Å². The number of benzene rings is 4. The molecule has 0 aliphatic heterocycles. The van der Waals surface area contributed by atoms with Crippen LogP contribution in [-0.2, 0) is 0 Å². The molecule has 0 atom stereocenters. The summed E-state index contributed by atoms with van der Waals surface area (Å²) in [6.45, 7) is 3.92. The summed E-state index contributed by atoms with van der Waals surface area (Å²) in [5, 5.41) is 5.59. The van der Waals surface area contributed by atoms with Crippen molar-refractivity contribution in [1.82, 2.24) is 10.4 Å². The molecule has 0 aliphatic rings. The van der Waals surface area contributed by atoms with Crippen LogP contribution in [0.4, 0.5) is 0 Å². The highest BCUT2D eigenvalue weighted by Gasteiger charge is 2.21. The van der Waals surface area contributed by atoms with Gasteiger partial charge >= 0.3 is 5.97 Å². The Kier molecular flexibility index (Phi) is 7.63. The van der Waals surface area contributed by atoms with Crippen molar-refractivity contribution in [1.29, 1.82) is 0 Å². The van der Waals surface area contributed by atoms with Gasteiger partial charge in [-0.1, -0.05) is 81.6 Å². The summed E-state index contributed by atoms with van der Waals surface area (Å²) in [7, 11) is 0. The molecule has 5 aromatic rings. The molecule has 5 rings (SSSR count). The predicted octanol–water partition coefficient (Wildman–Crippen LogP) is 7.85. The molecule has 2 N–H and O–H groups in total. The molecule has 0 saturated heterocycles. The molecule has 6 nitrogen and oxygen atoms in total. The first-order chi connectivity index (χ1) is 18.8. The summed E-state index contributed by atoms with van der Waals surface area (Å²) in [6.07, 6.45) is 1.43. The first kappa shape index (κ1) is 26.4. The number of carbonyl (C=O) groups excluding carboxylic acids is 2. The molecule has 0 saturated carbocycles. The molecule has 4 aromatic carbocycles. The van der Waals surface area contributed by atoms with E-state index >= 15 is 0 Å². The van der Waals surface area contributed by atoms with Crippen molar-refractivity contribution in [3.63, 3.8) is 0 Å². The SMILES string of the molecule is Cc1ccc(C(=O)Oc2ccc(Br)cc2C=NNC(=O)c2[nH]c3c(C)cccc3c2-c2ccccc2Cl)cc1. The summed E-state index contributed by atoms with van der Waals surface area (Å²) < 4.78 is 6.39. The van der Waals surface area contributed by atoms with E-state index in [-0.39, 0.29) is 0 Å². The Labute approximate surface area is 238 Å². The van der Waals surface area contributed by atoms with Crippen LogP contribution in [0.1, 0.15) is 37.5 Å². The third kappa shape index (κ3) is 5.65. The lowest BCUT2D eigenvalue weighted by Crippen LogP contribution is -2.19. The van der Waals surface area contributed by atoms with Crippen molar-refractivity contribution in [3.05, 3.63) is 122 Å². The van der Waals surface area contributed by atoms with Crippen LogP contribution < -0.4 is 10.2 Å². The van der Waals surface area contributed by atoms with Gasteiger partial charge in [-0.15, -0.1) is 0 Å². The predicted molar refractivity (Wildman–Crippen MR) is 159 cm³/mol. The number of nitrogens with one attached hydrogen (secondary N) is 2. The maximum absolute atomic E-state index is 13.4. The lowest BCUT2D eigenvalue weighted by Gasteiger charge is -2.09. The highest BCUT2D eigenvalue weighted by Crippen LogP contribution is 2.37. The zero-order chi connectivity index (χ0) is 27.5. The first-order valence-electron chi connectivity index (χ1n) is 12.1. The van der Waals surface area contributed by atoms with Crippen LogP contribution in [0.15, 0.2) is 94.5 Å². The number of H-pyrrole nitrogens is 1. The van der Waals surface area contributed by atoms with Gasteiger partial charge in [-0.25, -0.2) is 10.2 Å². The molecular formula is C31H23BrClN3O3. The van der Waals surface area contributed by atoms with Crippen molar-refractivity contribution in [2.75, 3.05) is 0 Å². The number of halogens is 2. The maximum Gasteiger partial charge on any atom is 0.343 e. The normalized spacial score (nSPS) is 11.2. The van der Waals surface area contributed by atoms with Gasteiger partial charge in [0.2, 0.25) is 0 Å². The quantitative estimate of drug-likeness (QED) is 0.0901. The van der Waals surface area contributed by atoms with Gasteiger partial charge in [0.1, 0.15) is 11.4 Å². The summed E-state index contributed by atoms with van der Waals surface area (Å²) in [5.74, 6) is -0.626. The van der Waals surface area contributed by atoms with Gasteiger partial charge in [-0.3, -0.25) is 4.79 Å².